The standard InChI is InChI=1S/C15H21N5/c1-12(2)17-10-13-7-8-15(19-18-13)20(3)11-14-6-4-5-9-16-14/h4-9,12,17H,10-11H2,1-3H3. The number of nitrogens with zero attached hydrogens (tertiary/aromatic N) is 4. The molecule has 0 amide bonds. The Morgan fingerprint density at radius 2 is 1.95 bits per heavy atom. The van der Waals surface area contributed by atoms with Gasteiger partial charge in [-0.05, 0) is 24.3 Å². The van der Waals surface area contributed by atoms with Crippen molar-refractivity contribution in [2.45, 2.75) is 33.0 Å². The molecule has 2 rings (SSSR count). The van der Waals surface area contributed by atoms with Crippen LogP contribution in [-0.4, -0.2) is 28.3 Å². The van der Waals surface area contributed by atoms with Crippen LogP contribution in [-0.2, 0) is 13.1 Å². The van der Waals surface area contributed by atoms with Crippen molar-refractivity contribution in [2.24, 2.45) is 0 Å². The number of rotatable bonds is 6. The van der Waals surface area contributed by atoms with E-state index in [9.17, 15) is 0 Å². The molecule has 0 atom stereocenters. The fourth-order valence-electron chi connectivity index (χ4n) is 1.78. The van der Waals surface area contributed by atoms with Crippen LogP contribution >= 0.6 is 0 Å². The number of pyridine rings is 1. The summed E-state index contributed by atoms with van der Waals surface area (Å²) >= 11 is 0. The minimum Gasteiger partial charge on any atom is -0.352 e. The van der Waals surface area contributed by atoms with Crippen LogP contribution in [0.3, 0.4) is 0 Å². The Morgan fingerprint density at radius 3 is 2.55 bits per heavy atom. The molecule has 0 aliphatic rings. The van der Waals surface area contributed by atoms with E-state index >= 15 is 0 Å². The van der Waals surface area contributed by atoms with Gasteiger partial charge >= 0.3 is 0 Å². The summed E-state index contributed by atoms with van der Waals surface area (Å²) in [6.07, 6.45) is 1.80. The quantitative estimate of drug-likeness (QED) is 0.871. The molecule has 2 heterocycles. The Morgan fingerprint density at radius 1 is 1.10 bits per heavy atom. The highest BCUT2D eigenvalue weighted by atomic mass is 15.2. The Labute approximate surface area is 120 Å². The van der Waals surface area contributed by atoms with E-state index in [1.165, 1.54) is 0 Å². The van der Waals surface area contributed by atoms with Crippen molar-refractivity contribution in [3.63, 3.8) is 0 Å². The van der Waals surface area contributed by atoms with Gasteiger partial charge in [-0.15, -0.1) is 5.10 Å². The summed E-state index contributed by atoms with van der Waals surface area (Å²) in [4.78, 5) is 6.35. The lowest BCUT2D eigenvalue weighted by Gasteiger charge is -2.17. The number of anilines is 1. The molecule has 1 N–H and O–H groups in total. The zero-order valence-corrected chi connectivity index (χ0v) is 12.2. The maximum absolute atomic E-state index is 4.31. The maximum Gasteiger partial charge on any atom is 0.151 e. The molecule has 2 aromatic heterocycles. The van der Waals surface area contributed by atoms with Crippen molar-refractivity contribution >= 4 is 5.82 Å². The van der Waals surface area contributed by atoms with E-state index in [1.54, 1.807) is 6.20 Å². The molecule has 0 aliphatic carbocycles. The van der Waals surface area contributed by atoms with Gasteiger partial charge in [-0.3, -0.25) is 4.98 Å². The van der Waals surface area contributed by atoms with Crippen molar-refractivity contribution < 1.29 is 0 Å². The van der Waals surface area contributed by atoms with Gasteiger partial charge in [-0.25, -0.2) is 0 Å². The molecule has 0 aromatic carbocycles. The van der Waals surface area contributed by atoms with Gasteiger partial charge in [0.2, 0.25) is 0 Å². The third-order valence-electron chi connectivity index (χ3n) is 2.91. The average Bonchev–Trinajstić information content (AvgIpc) is 2.46. The molecule has 0 unspecified atom stereocenters. The van der Waals surface area contributed by atoms with Crippen LogP contribution in [0.1, 0.15) is 25.2 Å². The summed E-state index contributed by atoms with van der Waals surface area (Å²) in [6, 6.07) is 10.4. The van der Waals surface area contributed by atoms with Crippen molar-refractivity contribution in [3.05, 3.63) is 47.9 Å². The predicted octanol–water partition coefficient (Wildman–Crippen LogP) is 2.01. The zero-order valence-electron chi connectivity index (χ0n) is 12.2. The molecule has 106 valence electrons. The van der Waals surface area contributed by atoms with Crippen LogP contribution in [0, 0.1) is 0 Å². The first-order chi connectivity index (χ1) is 9.65. The first-order valence-electron chi connectivity index (χ1n) is 6.82. The highest BCUT2D eigenvalue weighted by Gasteiger charge is 2.05. The SMILES string of the molecule is CC(C)NCc1ccc(N(C)Cc2ccccn2)nn1. The van der Waals surface area contributed by atoms with Crippen LogP contribution in [0.15, 0.2) is 36.5 Å². The minimum atomic E-state index is 0.448. The molecule has 5 nitrogen and oxygen atoms in total. The molecule has 0 saturated heterocycles. The molecule has 0 aliphatic heterocycles. The van der Waals surface area contributed by atoms with E-state index in [-0.39, 0.29) is 0 Å². The monoisotopic (exact) mass is 271 g/mol. The Bertz CT molecular complexity index is 510. The smallest absolute Gasteiger partial charge is 0.151 e. The average molecular weight is 271 g/mol. The van der Waals surface area contributed by atoms with E-state index in [2.05, 4.69) is 34.3 Å². The van der Waals surface area contributed by atoms with Gasteiger partial charge in [0.05, 0.1) is 17.9 Å². The molecule has 0 spiro atoms. The lowest BCUT2D eigenvalue weighted by molar-refractivity contribution is 0.577. The second kappa shape index (κ2) is 6.96. The molecule has 0 saturated carbocycles. The van der Waals surface area contributed by atoms with Crippen LogP contribution in [0.4, 0.5) is 5.82 Å². The largest absolute Gasteiger partial charge is 0.352 e. The van der Waals surface area contributed by atoms with Crippen LogP contribution < -0.4 is 10.2 Å². The molecule has 5 heteroatoms. The number of aromatic nitrogens is 3. The minimum absolute atomic E-state index is 0.448. The Balaban J connectivity index is 1.95. The van der Waals surface area contributed by atoms with Gasteiger partial charge in [0.25, 0.3) is 0 Å². The van der Waals surface area contributed by atoms with E-state index in [4.69, 9.17) is 0 Å². The van der Waals surface area contributed by atoms with Crippen LogP contribution in [0.5, 0.6) is 0 Å². The third-order valence-corrected chi connectivity index (χ3v) is 2.91. The second-order valence-electron chi connectivity index (χ2n) is 5.10. The third kappa shape index (κ3) is 4.28. The molecule has 2 aromatic rings. The van der Waals surface area contributed by atoms with Gasteiger partial charge in [-0.1, -0.05) is 19.9 Å². The topological polar surface area (TPSA) is 53.9 Å². The highest BCUT2D eigenvalue weighted by Crippen LogP contribution is 2.10. The van der Waals surface area contributed by atoms with Gasteiger partial charge in [-0.2, -0.15) is 5.10 Å². The van der Waals surface area contributed by atoms with Crippen molar-refractivity contribution in [1.82, 2.24) is 20.5 Å². The maximum atomic E-state index is 4.31. The number of nitrogens with one attached hydrogen (secondary N) is 1. The van der Waals surface area contributed by atoms with E-state index < -0.39 is 0 Å². The zero-order chi connectivity index (χ0) is 14.4. The first-order valence-corrected chi connectivity index (χ1v) is 6.82. The molecule has 0 radical (unpaired) electrons. The van der Waals surface area contributed by atoms with Crippen LogP contribution in [0.25, 0.3) is 0 Å². The van der Waals surface area contributed by atoms with Gasteiger partial charge in [0.15, 0.2) is 5.82 Å². The fraction of sp³-hybridized carbons (Fsp3) is 0.400. The number of hydrogen-bond acceptors (Lipinski definition) is 5. The molecule has 0 fully saturated rings. The number of hydrogen-bond donors (Lipinski definition) is 1. The van der Waals surface area contributed by atoms with Gasteiger partial charge < -0.3 is 10.2 Å². The molecule has 0 bridgehead atoms. The Hall–Kier alpha value is -2.01. The summed E-state index contributed by atoms with van der Waals surface area (Å²) in [5.41, 5.74) is 1.97. The molecular formula is C15H21N5. The van der Waals surface area contributed by atoms with Crippen LogP contribution in [0.2, 0.25) is 0 Å². The van der Waals surface area contributed by atoms with Gasteiger partial charge in [0, 0.05) is 25.8 Å². The fourth-order valence-corrected chi connectivity index (χ4v) is 1.78. The summed E-state index contributed by atoms with van der Waals surface area (Å²) < 4.78 is 0. The van der Waals surface area contributed by atoms with Crippen molar-refractivity contribution in [1.29, 1.82) is 0 Å². The molecular weight excluding hydrogens is 250 g/mol. The lowest BCUT2D eigenvalue weighted by Crippen LogP contribution is -2.23. The molecule has 20 heavy (non-hydrogen) atoms. The van der Waals surface area contributed by atoms with Crippen molar-refractivity contribution in [3.8, 4) is 0 Å². The summed E-state index contributed by atoms with van der Waals surface area (Å²) in [5.74, 6) is 0.851. The normalized spacial score (nSPS) is 10.8. The second-order valence-corrected chi connectivity index (χ2v) is 5.10. The highest BCUT2D eigenvalue weighted by molar-refractivity contribution is 5.36. The Kier molecular flexibility index (Phi) is 5.01. The predicted molar refractivity (Wildman–Crippen MR) is 80.4 cm³/mol. The lowest BCUT2D eigenvalue weighted by atomic mass is 10.3. The van der Waals surface area contributed by atoms with Crippen molar-refractivity contribution in [2.75, 3.05) is 11.9 Å². The first kappa shape index (κ1) is 14.4. The summed E-state index contributed by atoms with van der Waals surface area (Å²) in [6.45, 7) is 5.69. The van der Waals surface area contributed by atoms with Gasteiger partial charge in [0.1, 0.15) is 0 Å². The van der Waals surface area contributed by atoms with E-state index in [0.717, 1.165) is 30.3 Å². The summed E-state index contributed by atoms with van der Waals surface area (Å²) in [7, 11) is 1.99. The van der Waals surface area contributed by atoms with E-state index in [0.29, 0.717) is 6.04 Å². The summed E-state index contributed by atoms with van der Waals surface area (Å²) in [5, 5.41) is 11.8. The van der Waals surface area contributed by atoms with E-state index in [1.807, 2.05) is 42.3 Å².